The van der Waals surface area contributed by atoms with E-state index in [-0.39, 0.29) is 10.6 Å². The lowest BCUT2D eigenvalue weighted by atomic mass is 9.97. The van der Waals surface area contributed by atoms with Crippen molar-refractivity contribution in [3.63, 3.8) is 0 Å². The lowest BCUT2D eigenvalue weighted by Crippen LogP contribution is -2.09. The van der Waals surface area contributed by atoms with Crippen LogP contribution in [-0.4, -0.2) is 21.2 Å². The molecule has 20 heavy (non-hydrogen) atoms. The second-order valence-electron chi connectivity index (χ2n) is 5.16. The van der Waals surface area contributed by atoms with E-state index in [2.05, 4.69) is 16.5 Å². The Bertz CT molecular complexity index is 519. The maximum absolute atomic E-state index is 11.2. The number of nitro groups is 1. The minimum absolute atomic E-state index is 0.118. The first kappa shape index (κ1) is 14.6. The fourth-order valence-electron chi connectivity index (χ4n) is 2.67. The molecule has 0 radical (unpaired) electrons. The van der Waals surface area contributed by atoms with Gasteiger partial charge in [0.1, 0.15) is 5.69 Å². The van der Waals surface area contributed by atoms with Crippen LogP contribution in [0.5, 0.6) is 0 Å². The first-order chi connectivity index (χ1) is 9.63. The predicted octanol–water partition coefficient (Wildman–Crippen LogP) is 3.19. The SMILES string of the molecule is CCc1nn(C)c(NCCC2=CCCCC2)c1[N+](=O)[O-]. The normalized spacial score (nSPS) is 15.0. The van der Waals surface area contributed by atoms with Crippen LogP contribution < -0.4 is 5.32 Å². The third kappa shape index (κ3) is 3.18. The third-order valence-electron chi connectivity index (χ3n) is 3.73. The molecule has 0 spiro atoms. The molecule has 1 aromatic rings. The number of anilines is 1. The first-order valence-corrected chi connectivity index (χ1v) is 7.25. The second-order valence-corrected chi connectivity index (χ2v) is 5.16. The zero-order valence-corrected chi connectivity index (χ0v) is 12.2. The molecule has 1 heterocycles. The number of allylic oxidation sites excluding steroid dienone is 1. The number of nitrogens with zero attached hydrogens (tertiary/aromatic N) is 3. The Labute approximate surface area is 119 Å². The third-order valence-corrected chi connectivity index (χ3v) is 3.73. The van der Waals surface area contributed by atoms with E-state index in [1.807, 2.05) is 6.92 Å². The molecule has 0 atom stereocenters. The van der Waals surface area contributed by atoms with Crippen LogP contribution in [-0.2, 0) is 13.5 Å². The Morgan fingerprint density at radius 1 is 1.50 bits per heavy atom. The minimum atomic E-state index is -0.339. The van der Waals surface area contributed by atoms with Crippen LogP contribution in [0.15, 0.2) is 11.6 Å². The van der Waals surface area contributed by atoms with Crippen molar-refractivity contribution in [1.82, 2.24) is 9.78 Å². The molecule has 0 saturated carbocycles. The lowest BCUT2D eigenvalue weighted by molar-refractivity contribution is -0.384. The van der Waals surface area contributed by atoms with E-state index in [0.29, 0.717) is 17.9 Å². The molecule has 2 rings (SSSR count). The lowest BCUT2D eigenvalue weighted by Gasteiger charge is -2.13. The van der Waals surface area contributed by atoms with Gasteiger partial charge < -0.3 is 5.32 Å². The average molecular weight is 278 g/mol. The monoisotopic (exact) mass is 278 g/mol. The van der Waals surface area contributed by atoms with Crippen molar-refractivity contribution in [2.75, 3.05) is 11.9 Å². The van der Waals surface area contributed by atoms with Crippen molar-refractivity contribution in [2.24, 2.45) is 7.05 Å². The summed E-state index contributed by atoms with van der Waals surface area (Å²) in [5, 5.41) is 18.6. The fourth-order valence-corrected chi connectivity index (χ4v) is 2.67. The summed E-state index contributed by atoms with van der Waals surface area (Å²) in [7, 11) is 1.74. The molecule has 1 aromatic heterocycles. The molecule has 0 bridgehead atoms. The highest BCUT2D eigenvalue weighted by molar-refractivity contribution is 5.59. The van der Waals surface area contributed by atoms with Crippen LogP contribution in [0.2, 0.25) is 0 Å². The highest BCUT2D eigenvalue weighted by Gasteiger charge is 2.25. The maximum Gasteiger partial charge on any atom is 0.333 e. The highest BCUT2D eigenvalue weighted by Crippen LogP contribution is 2.28. The van der Waals surface area contributed by atoms with E-state index >= 15 is 0 Å². The van der Waals surface area contributed by atoms with E-state index in [1.54, 1.807) is 11.7 Å². The van der Waals surface area contributed by atoms with Gasteiger partial charge in [-0.05, 0) is 38.5 Å². The van der Waals surface area contributed by atoms with Gasteiger partial charge in [0.25, 0.3) is 0 Å². The molecule has 6 heteroatoms. The molecule has 1 aliphatic rings. The summed E-state index contributed by atoms with van der Waals surface area (Å²) in [6.07, 6.45) is 8.69. The van der Waals surface area contributed by atoms with E-state index in [1.165, 1.54) is 24.8 Å². The Hall–Kier alpha value is -1.85. The topological polar surface area (TPSA) is 73.0 Å². The summed E-state index contributed by atoms with van der Waals surface area (Å²) in [5.74, 6) is 0.517. The van der Waals surface area contributed by atoms with Crippen molar-refractivity contribution < 1.29 is 4.92 Å². The van der Waals surface area contributed by atoms with Gasteiger partial charge in [0.05, 0.1) is 4.92 Å². The van der Waals surface area contributed by atoms with Crippen molar-refractivity contribution in [1.29, 1.82) is 0 Å². The van der Waals surface area contributed by atoms with E-state index in [9.17, 15) is 10.1 Å². The van der Waals surface area contributed by atoms with Crippen LogP contribution in [0.25, 0.3) is 0 Å². The number of rotatable bonds is 6. The molecular weight excluding hydrogens is 256 g/mol. The molecule has 0 aromatic carbocycles. The van der Waals surface area contributed by atoms with E-state index < -0.39 is 0 Å². The number of nitrogens with one attached hydrogen (secondary N) is 1. The zero-order valence-electron chi connectivity index (χ0n) is 12.2. The van der Waals surface area contributed by atoms with Crippen molar-refractivity contribution in [3.8, 4) is 0 Å². The predicted molar refractivity (Wildman–Crippen MR) is 78.9 cm³/mol. The molecular formula is C14H22N4O2. The summed E-state index contributed by atoms with van der Waals surface area (Å²) < 4.78 is 1.58. The van der Waals surface area contributed by atoms with Gasteiger partial charge in [-0.2, -0.15) is 5.10 Å². The van der Waals surface area contributed by atoms with E-state index in [0.717, 1.165) is 19.4 Å². The van der Waals surface area contributed by atoms with Gasteiger partial charge in [-0.1, -0.05) is 18.6 Å². The van der Waals surface area contributed by atoms with Crippen LogP contribution >= 0.6 is 0 Å². The van der Waals surface area contributed by atoms with Crippen LogP contribution in [0.3, 0.4) is 0 Å². The minimum Gasteiger partial charge on any atom is -0.364 e. The summed E-state index contributed by atoms with van der Waals surface area (Å²) >= 11 is 0. The Morgan fingerprint density at radius 2 is 2.30 bits per heavy atom. The molecule has 1 N–H and O–H groups in total. The summed E-state index contributed by atoms with van der Waals surface area (Å²) in [6, 6.07) is 0. The van der Waals surface area contributed by atoms with Crippen LogP contribution in [0.4, 0.5) is 11.5 Å². The average Bonchev–Trinajstić information content (AvgIpc) is 2.77. The number of hydrogen-bond acceptors (Lipinski definition) is 4. The standard InChI is InChI=1S/C14H22N4O2/c1-3-12-13(18(19)20)14(17(2)16-12)15-10-9-11-7-5-4-6-8-11/h7,15H,3-6,8-10H2,1-2H3. The van der Waals surface area contributed by atoms with Crippen molar-refractivity contribution in [2.45, 2.75) is 45.4 Å². The van der Waals surface area contributed by atoms with E-state index in [4.69, 9.17) is 0 Å². The molecule has 0 saturated heterocycles. The van der Waals surface area contributed by atoms with Gasteiger partial charge >= 0.3 is 5.69 Å². The summed E-state index contributed by atoms with van der Waals surface area (Å²) in [4.78, 5) is 10.8. The Balaban J connectivity index is 2.03. The highest BCUT2D eigenvalue weighted by atomic mass is 16.6. The molecule has 110 valence electrons. The number of aromatic nitrogens is 2. The summed E-state index contributed by atoms with van der Waals surface area (Å²) in [6.45, 7) is 2.60. The second kappa shape index (κ2) is 6.54. The largest absolute Gasteiger partial charge is 0.364 e. The Kier molecular flexibility index (Phi) is 4.76. The first-order valence-electron chi connectivity index (χ1n) is 7.25. The van der Waals surface area contributed by atoms with Gasteiger partial charge in [0.15, 0.2) is 0 Å². The van der Waals surface area contributed by atoms with Crippen LogP contribution in [0, 0.1) is 10.1 Å². The van der Waals surface area contributed by atoms with Gasteiger partial charge in [0, 0.05) is 13.6 Å². The number of aryl methyl sites for hydroxylation is 2. The van der Waals surface area contributed by atoms with Crippen molar-refractivity contribution in [3.05, 3.63) is 27.5 Å². The molecule has 0 amide bonds. The van der Waals surface area contributed by atoms with Gasteiger partial charge in [-0.3, -0.25) is 10.1 Å². The molecule has 1 aliphatic carbocycles. The van der Waals surface area contributed by atoms with Gasteiger partial charge in [0.2, 0.25) is 5.82 Å². The molecule has 0 fully saturated rings. The number of hydrogen-bond donors (Lipinski definition) is 1. The molecule has 0 unspecified atom stereocenters. The smallest absolute Gasteiger partial charge is 0.333 e. The maximum atomic E-state index is 11.2. The molecule has 6 nitrogen and oxygen atoms in total. The fraction of sp³-hybridized carbons (Fsp3) is 0.643. The van der Waals surface area contributed by atoms with Gasteiger partial charge in [-0.25, -0.2) is 4.68 Å². The van der Waals surface area contributed by atoms with Crippen LogP contribution in [0.1, 0.15) is 44.7 Å². The summed E-state index contributed by atoms with van der Waals surface area (Å²) in [5.41, 5.74) is 2.12. The quantitative estimate of drug-likeness (QED) is 0.492. The van der Waals surface area contributed by atoms with Gasteiger partial charge in [-0.15, -0.1) is 0 Å². The molecule has 0 aliphatic heterocycles. The zero-order chi connectivity index (χ0) is 14.5. The van der Waals surface area contributed by atoms with Crippen molar-refractivity contribution >= 4 is 11.5 Å². The Morgan fingerprint density at radius 3 is 2.90 bits per heavy atom.